The van der Waals surface area contributed by atoms with Crippen molar-refractivity contribution in [2.45, 2.75) is 12.8 Å². The molecule has 1 heterocycles. The van der Waals surface area contributed by atoms with Crippen LogP contribution in [0.1, 0.15) is 17.7 Å². The van der Waals surface area contributed by atoms with Crippen molar-refractivity contribution in [1.82, 2.24) is 4.98 Å². The molecule has 3 nitrogen and oxygen atoms in total. The van der Waals surface area contributed by atoms with Gasteiger partial charge in [0.15, 0.2) is 0 Å². The summed E-state index contributed by atoms with van der Waals surface area (Å²) in [6, 6.07) is 1.39. The molecule has 0 saturated carbocycles. The van der Waals surface area contributed by atoms with Gasteiger partial charge in [-0.3, -0.25) is 4.79 Å². The molecule has 0 saturated heterocycles. The lowest BCUT2D eigenvalue weighted by Gasteiger charge is -2.07. The summed E-state index contributed by atoms with van der Waals surface area (Å²) < 4.78 is 25.2. The van der Waals surface area contributed by atoms with Gasteiger partial charge in [0.25, 0.3) is 6.43 Å². The van der Waals surface area contributed by atoms with E-state index < -0.39 is 18.1 Å². The maximum Gasteiger partial charge on any atom is 0.307 e. The first kappa shape index (κ1) is 12.5. The van der Waals surface area contributed by atoms with Crippen molar-refractivity contribution >= 4 is 37.8 Å². The zero-order valence-corrected chi connectivity index (χ0v) is 10.3. The van der Waals surface area contributed by atoms with Crippen molar-refractivity contribution < 1.29 is 18.7 Å². The number of aliphatic carboxylic acids is 1. The first-order valence-corrected chi connectivity index (χ1v) is 5.35. The maximum absolute atomic E-state index is 12.5. The predicted molar refractivity (Wildman–Crippen MR) is 55.9 cm³/mol. The third-order valence-corrected chi connectivity index (χ3v) is 2.90. The molecular formula is C8H5Br2F2NO2. The largest absolute Gasteiger partial charge is 0.481 e. The Morgan fingerprint density at radius 3 is 2.60 bits per heavy atom. The van der Waals surface area contributed by atoms with E-state index in [4.69, 9.17) is 5.11 Å². The van der Waals surface area contributed by atoms with Crippen LogP contribution in [0, 0.1) is 0 Å². The lowest BCUT2D eigenvalue weighted by Crippen LogP contribution is -2.04. The molecule has 1 N–H and O–H groups in total. The molecule has 0 fully saturated rings. The number of hydrogen-bond acceptors (Lipinski definition) is 2. The number of nitrogens with zero attached hydrogens (tertiary/aromatic N) is 1. The maximum atomic E-state index is 12.5. The van der Waals surface area contributed by atoms with Crippen molar-refractivity contribution in [3.63, 3.8) is 0 Å². The standard InChI is InChI=1S/C8H5Br2F2NO2/c9-4-1-3(2-5(14)15)6(10)7(13-4)8(11)12/h1,8H,2H2,(H,14,15). The van der Waals surface area contributed by atoms with E-state index in [1.165, 1.54) is 6.07 Å². The van der Waals surface area contributed by atoms with Crippen LogP contribution in [0.4, 0.5) is 8.78 Å². The molecule has 0 aromatic carbocycles. The van der Waals surface area contributed by atoms with Crippen LogP contribution in [0.3, 0.4) is 0 Å². The molecule has 0 unspecified atom stereocenters. The third-order valence-electron chi connectivity index (χ3n) is 1.58. The first-order valence-electron chi connectivity index (χ1n) is 3.76. The summed E-state index contributed by atoms with van der Waals surface area (Å²) in [6.07, 6.45) is -3.08. The minimum atomic E-state index is -2.75. The molecule has 0 spiro atoms. The summed E-state index contributed by atoms with van der Waals surface area (Å²) in [5, 5.41) is 8.57. The zero-order chi connectivity index (χ0) is 11.6. The highest BCUT2D eigenvalue weighted by atomic mass is 79.9. The zero-order valence-electron chi connectivity index (χ0n) is 7.18. The molecule has 0 aliphatic carbocycles. The fourth-order valence-electron chi connectivity index (χ4n) is 1.00. The first-order chi connectivity index (χ1) is 6.91. The van der Waals surface area contributed by atoms with Crippen LogP contribution in [-0.4, -0.2) is 16.1 Å². The van der Waals surface area contributed by atoms with Gasteiger partial charge in [0.1, 0.15) is 10.3 Å². The van der Waals surface area contributed by atoms with E-state index in [9.17, 15) is 13.6 Å². The van der Waals surface area contributed by atoms with Gasteiger partial charge < -0.3 is 5.11 Å². The second kappa shape index (κ2) is 4.98. The predicted octanol–water partition coefficient (Wildman–Crippen LogP) is 3.17. The molecule has 1 aromatic heterocycles. The van der Waals surface area contributed by atoms with Gasteiger partial charge in [0.2, 0.25) is 0 Å². The second-order valence-electron chi connectivity index (χ2n) is 2.67. The van der Waals surface area contributed by atoms with Gasteiger partial charge in [-0.05, 0) is 43.5 Å². The molecule has 82 valence electrons. The van der Waals surface area contributed by atoms with Crippen LogP contribution >= 0.6 is 31.9 Å². The summed E-state index contributed by atoms with van der Waals surface area (Å²) in [5.41, 5.74) is -0.194. The van der Waals surface area contributed by atoms with Crippen molar-refractivity contribution in [1.29, 1.82) is 0 Å². The van der Waals surface area contributed by atoms with Crippen molar-refractivity contribution in [2.75, 3.05) is 0 Å². The molecule has 15 heavy (non-hydrogen) atoms. The fourth-order valence-corrected chi connectivity index (χ4v) is 1.99. The topological polar surface area (TPSA) is 50.2 Å². The summed E-state index contributed by atoms with van der Waals surface area (Å²) in [6.45, 7) is 0. The van der Waals surface area contributed by atoms with Crippen LogP contribution < -0.4 is 0 Å². The van der Waals surface area contributed by atoms with Gasteiger partial charge in [-0.1, -0.05) is 0 Å². The molecule has 0 radical (unpaired) electrons. The van der Waals surface area contributed by atoms with Gasteiger partial charge in [-0.2, -0.15) is 0 Å². The summed E-state index contributed by atoms with van der Waals surface area (Å²) >= 11 is 5.86. The average molecular weight is 345 g/mol. The molecular weight excluding hydrogens is 340 g/mol. The third kappa shape index (κ3) is 3.20. The number of aromatic nitrogens is 1. The summed E-state index contributed by atoms with van der Waals surface area (Å²) in [7, 11) is 0. The summed E-state index contributed by atoms with van der Waals surface area (Å²) in [4.78, 5) is 14.0. The highest BCUT2D eigenvalue weighted by molar-refractivity contribution is 9.11. The average Bonchev–Trinajstić information content (AvgIpc) is 2.09. The lowest BCUT2D eigenvalue weighted by atomic mass is 10.1. The van der Waals surface area contributed by atoms with Crippen molar-refractivity contribution in [3.8, 4) is 0 Å². The second-order valence-corrected chi connectivity index (χ2v) is 4.28. The highest BCUT2D eigenvalue weighted by Gasteiger charge is 2.18. The van der Waals surface area contributed by atoms with E-state index in [2.05, 4.69) is 36.8 Å². The number of carboxylic acids is 1. The van der Waals surface area contributed by atoms with Gasteiger partial charge in [0, 0.05) is 4.47 Å². The monoisotopic (exact) mass is 343 g/mol. The summed E-state index contributed by atoms with van der Waals surface area (Å²) in [5.74, 6) is -1.09. The molecule has 0 bridgehead atoms. The Bertz CT molecular complexity index is 398. The number of carboxylic acid groups (broad SMARTS) is 1. The lowest BCUT2D eigenvalue weighted by molar-refractivity contribution is -0.136. The Hall–Kier alpha value is -0.560. The number of pyridine rings is 1. The van der Waals surface area contributed by atoms with Gasteiger partial charge in [0.05, 0.1) is 6.42 Å². The van der Waals surface area contributed by atoms with Crippen LogP contribution in [0.25, 0.3) is 0 Å². The smallest absolute Gasteiger partial charge is 0.307 e. The quantitative estimate of drug-likeness (QED) is 0.857. The molecule has 0 atom stereocenters. The number of alkyl halides is 2. The van der Waals surface area contributed by atoms with Gasteiger partial charge in [-0.15, -0.1) is 0 Å². The highest BCUT2D eigenvalue weighted by Crippen LogP contribution is 2.30. The van der Waals surface area contributed by atoms with Crippen LogP contribution in [0.15, 0.2) is 15.1 Å². The van der Waals surface area contributed by atoms with Crippen LogP contribution in [0.2, 0.25) is 0 Å². The van der Waals surface area contributed by atoms with E-state index in [1.54, 1.807) is 0 Å². The van der Waals surface area contributed by atoms with E-state index in [1.807, 2.05) is 0 Å². The fraction of sp³-hybridized carbons (Fsp3) is 0.250. The Kier molecular flexibility index (Phi) is 4.15. The van der Waals surface area contributed by atoms with E-state index >= 15 is 0 Å². The number of hydrogen-bond donors (Lipinski definition) is 1. The van der Waals surface area contributed by atoms with E-state index in [-0.39, 0.29) is 21.1 Å². The molecule has 7 heteroatoms. The van der Waals surface area contributed by atoms with Crippen LogP contribution in [0.5, 0.6) is 0 Å². The Balaban J connectivity index is 3.21. The van der Waals surface area contributed by atoms with Crippen molar-refractivity contribution in [2.24, 2.45) is 0 Å². The normalized spacial score (nSPS) is 10.7. The minimum absolute atomic E-state index is 0.0445. The number of rotatable bonds is 3. The Labute approximate surface area is 101 Å². The molecule has 1 rings (SSSR count). The minimum Gasteiger partial charge on any atom is -0.481 e. The molecule has 0 amide bonds. The van der Waals surface area contributed by atoms with Gasteiger partial charge >= 0.3 is 5.97 Å². The van der Waals surface area contributed by atoms with E-state index in [0.717, 1.165) is 0 Å². The van der Waals surface area contributed by atoms with Crippen LogP contribution in [-0.2, 0) is 11.2 Å². The number of halogens is 4. The molecule has 0 aliphatic heterocycles. The molecule has 0 aliphatic rings. The Morgan fingerprint density at radius 2 is 2.13 bits per heavy atom. The molecule has 1 aromatic rings. The van der Waals surface area contributed by atoms with E-state index in [0.29, 0.717) is 0 Å². The Morgan fingerprint density at radius 1 is 1.53 bits per heavy atom. The van der Waals surface area contributed by atoms with Crippen molar-refractivity contribution in [3.05, 3.63) is 26.4 Å². The number of carbonyl (C=O) groups is 1. The SMILES string of the molecule is O=C(O)Cc1cc(Br)nc(C(F)F)c1Br. The van der Waals surface area contributed by atoms with Gasteiger partial charge in [-0.25, -0.2) is 13.8 Å².